The minimum absolute atomic E-state index is 0.196. The van der Waals surface area contributed by atoms with E-state index in [1.54, 1.807) is 0 Å². The number of piperazine rings is 1. The number of hydrogen-bond acceptors (Lipinski definition) is 4. The van der Waals surface area contributed by atoms with Gasteiger partial charge in [-0.05, 0) is 33.6 Å². The van der Waals surface area contributed by atoms with Crippen molar-refractivity contribution in [3.8, 4) is 0 Å². The van der Waals surface area contributed by atoms with Crippen molar-refractivity contribution in [2.45, 2.75) is 70.7 Å². The topological polar surface area (TPSA) is 53.0 Å². The Bertz CT molecular complexity index is 354. The molecule has 0 aromatic carbocycles. The van der Waals surface area contributed by atoms with E-state index in [9.17, 15) is 9.90 Å². The van der Waals surface area contributed by atoms with E-state index in [-0.39, 0.29) is 18.2 Å². The molecule has 0 spiro atoms. The van der Waals surface area contributed by atoms with Gasteiger partial charge in [-0.3, -0.25) is 4.90 Å². The molecule has 0 aliphatic carbocycles. The second-order valence-corrected chi connectivity index (χ2v) is 7.07. The number of nitrogens with zero attached hydrogens (tertiary/aromatic N) is 2. The molecule has 1 amide bonds. The van der Waals surface area contributed by atoms with E-state index < -0.39 is 5.60 Å². The smallest absolute Gasteiger partial charge is 0.410 e. The van der Waals surface area contributed by atoms with Crippen LogP contribution in [0.5, 0.6) is 0 Å². The maximum absolute atomic E-state index is 12.1. The maximum Gasteiger partial charge on any atom is 0.410 e. The van der Waals surface area contributed by atoms with Gasteiger partial charge in [-0.25, -0.2) is 4.79 Å². The summed E-state index contributed by atoms with van der Waals surface area (Å²) in [5.41, 5.74) is -0.435. The first-order valence-electron chi connectivity index (χ1n) is 7.72. The third-order valence-corrected chi connectivity index (χ3v) is 4.05. The molecule has 0 radical (unpaired) electrons. The number of hydrogen-bond donors (Lipinski definition) is 1. The van der Waals surface area contributed by atoms with Crippen LogP contribution < -0.4 is 0 Å². The molecule has 5 heteroatoms. The largest absolute Gasteiger partial charge is 0.444 e. The number of ether oxygens (including phenoxy) is 1. The second kappa shape index (κ2) is 5.90. The monoisotopic (exact) mass is 284 g/mol. The van der Waals surface area contributed by atoms with Crippen molar-refractivity contribution in [3.05, 3.63) is 0 Å². The molecular formula is C15H28N2O3. The van der Waals surface area contributed by atoms with Crippen molar-refractivity contribution < 1.29 is 14.6 Å². The van der Waals surface area contributed by atoms with E-state index in [0.717, 1.165) is 38.9 Å². The Balaban J connectivity index is 1.84. The van der Waals surface area contributed by atoms with Crippen LogP contribution in [0, 0.1) is 0 Å². The van der Waals surface area contributed by atoms with Gasteiger partial charge in [-0.15, -0.1) is 0 Å². The van der Waals surface area contributed by atoms with Crippen LogP contribution in [0.4, 0.5) is 4.79 Å². The Morgan fingerprint density at radius 2 is 2.05 bits per heavy atom. The van der Waals surface area contributed by atoms with Crippen molar-refractivity contribution in [3.63, 3.8) is 0 Å². The van der Waals surface area contributed by atoms with Crippen LogP contribution in [0.25, 0.3) is 0 Å². The predicted octanol–water partition coefficient (Wildman–Crippen LogP) is 1.84. The molecule has 1 N–H and O–H groups in total. The van der Waals surface area contributed by atoms with Crippen LogP contribution >= 0.6 is 0 Å². The predicted molar refractivity (Wildman–Crippen MR) is 77.6 cm³/mol. The van der Waals surface area contributed by atoms with E-state index in [4.69, 9.17) is 4.74 Å². The molecule has 2 bridgehead atoms. The van der Waals surface area contributed by atoms with Crippen LogP contribution in [0.2, 0.25) is 0 Å². The Labute approximate surface area is 121 Å². The summed E-state index contributed by atoms with van der Waals surface area (Å²) in [6.45, 7) is 10.1. The third kappa shape index (κ3) is 3.64. The van der Waals surface area contributed by atoms with Crippen molar-refractivity contribution in [2.75, 3.05) is 19.6 Å². The van der Waals surface area contributed by atoms with Gasteiger partial charge in [0.25, 0.3) is 0 Å². The van der Waals surface area contributed by atoms with Gasteiger partial charge in [-0.2, -0.15) is 0 Å². The molecule has 0 aromatic heterocycles. The summed E-state index contributed by atoms with van der Waals surface area (Å²) < 4.78 is 5.45. The van der Waals surface area contributed by atoms with E-state index in [0.29, 0.717) is 6.04 Å². The van der Waals surface area contributed by atoms with Gasteiger partial charge in [0, 0.05) is 31.7 Å². The summed E-state index contributed by atoms with van der Waals surface area (Å²) in [5, 5.41) is 9.92. The van der Waals surface area contributed by atoms with Crippen LogP contribution in [-0.4, -0.2) is 64.4 Å². The summed E-state index contributed by atoms with van der Waals surface area (Å²) >= 11 is 0. The number of β-amino-alcohol motifs (C(OH)–C–C–N with tert-alkyl or cyclic N) is 1. The second-order valence-electron chi connectivity index (χ2n) is 7.07. The summed E-state index contributed by atoms with van der Waals surface area (Å²) in [5.74, 6) is 0. The highest BCUT2D eigenvalue weighted by Gasteiger charge is 2.46. The average Bonchev–Trinajstić information content (AvgIpc) is 2.85. The van der Waals surface area contributed by atoms with Crippen LogP contribution in [0.15, 0.2) is 0 Å². The van der Waals surface area contributed by atoms with E-state index in [2.05, 4.69) is 11.8 Å². The number of aliphatic hydroxyl groups is 1. The van der Waals surface area contributed by atoms with Gasteiger partial charge in [-0.1, -0.05) is 13.3 Å². The van der Waals surface area contributed by atoms with Gasteiger partial charge in [0.1, 0.15) is 5.60 Å². The molecule has 20 heavy (non-hydrogen) atoms. The molecule has 2 heterocycles. The van der Waals surface area contributed by atoms with E-state index in [1.807, 2.05) is 25.7 Å². The fourth-order valence-electron chi connectivity index (χ4n) is 3.21. The Kier molecular flexibility index (Phi) is 4.59. The van der Waals surface area contributed by atoms with Crippen LogP contribution in [-0.2, 0) is 4.74 Å². The fourth-order valence-corrected chi connectivity index (χ4v) is 3.21. The summed E-state index contributed by atoms with van der Waals surface area (Å²) in [6.07, 6.45) is 2.43. The summed E-state index contributed by atoms with van der Waals surface area (Å²) in [7, 11) is 0. The zero-order chi connectivity index (χ0) is 14.9. The highest BCUT2D eigenvalue weighted by Crippen LogP contribution is 2.32. The zero-order valence-corrected chi connectivity index (χ0v) is 13.1. The first-order valence-corrected chi connectivity index (χ1v) is 7.72. The van der Waals surface area contributed by atoms with E-state index >= 15 is 0 Å². The number of carbonyl (C=O) groups is 1. The highest BCUT2D eigenvalue weighted by molar-refractivity contribution is 5.69. The van der Waals surface area contributed by atoms with Gasteiger partial charge in [0.05, 0.1) is 6.10 Å². The van der Waals surface area contributed by atoms with Crippen molar-refractivity contribution in [2.24, 2.45) is 0 Å². The minimum atomic E-state index is -0.435. The zero-order valence-electron chi connectivity index (χ0n) is 13.1. The molecule has 2 aliphatic heterocycles. The molecule has 3 atom stereocenters. The first kappa shape index (κ1) is 15.6. The van der Waals surface area contributed by atoms with E-state index in [1.165, 1.54) is 0 Å². The van der Waals surface area contributed by atoms with Gasteiger partial charge >= 0.3 is 6.09 Å². The normalized spacial score (nSPS) is 27.9. The highest BCUT2D eigenvalue weighted by atomic mass is 16.6. The lowest BCUT2D eigenvalue weighted by Crippen LogP contribution is -2.51. The molecule has 3 unspecified atom stereocenters. The number of fused-ring (bicyclic) bond motifs is 2. The van der Waals surface area contributed by atoms with Crippen molar-refractivity contribution in [1.82, 2.24) is 9.80 Å². The quantitative estimate of drug-likeness (QED) is 0.856. The Morgan fingerprint density at radius 3 is 2.55 bits per heavy atom. The van der Waals surface area contributed by atoms with Crippen LogP contribution in [0.1, 0.15) is 47.0 Å². The Morgan fingerprint density at radius 1 is 1.35 bits per heavy atom. The van der Waals surface area contributed by atoms with Gasteiger partial charge in [0.15, 0.2) is 0 Å². The molecule has 0 aromatic rings. The number of likely N-dealkylation sites (tertiary alicyclic amines) is 2. The molecule has 2 fully saturated rings. The molecule has 5 nitrogen and oxygen atoms in total. The lowest BCUT2D eigenvalue weighted by molar-refractivity contribution is 0.00854. The lowest BCUT2D eigenvalue weighted by atomic mass is 10.2. The Hall–Kier alpha value is -0.810. The summed E-state index contributed by atoms with van der Waals surface area (Å²) in [6, 6.07) is 0.641. The number of carbonyl (C=O) groups excluding carboxylic acids is 1. The molecule has 2 aliphatic rings. The summed E-state index contributed by atoms with van der Waals surface area (Å²) in [4.78, 5) is 16.3. The fraction of sp³-hybridized carbons (Fsp3) is 0.933. The minimum Gasteiger partial charge on any atom is -0.444 e. The number of aliphatic hydroxyl groups excluding tert-OH is 1. The molecule has 116 valence electrons. The first-order chi connectivity index (χ1) is 9.30. The molecule has 0 saturated carbocycles. The maximum atomic E-state index is 12.1. The number of amides is 1. The van der Waals surface area contributed by atoms with Crippen molar-refractivity contribution in [1.29, 1.82) is 0 Å². The lowest BCUT2D eigenvalue weighted by Gasteiger charge is -2.35. The van der Waals surface area contributed by atoms with Gasteiger partial charge < -0.3 is 14.7 Å². The standard InChI is InChI=1S/C15H28N2O3/c1-5-6-13(18)10-16-8-12-7-11(16)9-17(12)14(19)20-15(2,3)4/h11-13,18H,5-10H2,1-4H3. The molecule has 2 saturated heterocycles. The molecule has 2 rings (SSSR count). The molecular weight excluding hydrogens is 256 g/mol. The SMILES string of the molecule is CCCC(O)CN1CC2CC1CN2C(=O)OC(C)(C)C. The number of rotatable bonds is 4. The van der Waals surface area contributed by atoms with Crippen LogP contribution in [0.3, 0.4) is 0 Å². The van der Waals surface area contributed by atoms with Crippen molar-refractivity contribution >= 4 is 6.09 Å². The third-order valence-electron chi connectivity index (χ3n) is 4.05. The average molecular weight is 284 g/mol. The van der Waals surface area contributed by atoms with Gasteiger partial charge in [0.2, 0.25) is 0 Å².